The van der Waals surface area contributed by atoms with Crippen molar-refractivity contribution in [3.63, 3.8) is 0 Å². The number of hydrogen-bond donors (Lipinski definition) is 1. The molecule has 2 N–H and O–H groups in total. The van der Waals surface area contributed by atoms with Crippen molar-refractivity contribution in [1.82, 2.24) is 9.55 Å². The van der Waals surface area contributed by atoms with Crippen LogP contribution < -0.4 is 16.0 Å². The smallest absolute Gasteiger partial charge is 0.340 e. The largest absolute Gasteiger partial charge is 0.465 e. The van der Waals surface area contributed by atoms with Gasteiger partial charge in [0.15, 0.2) is 0 Å². The molecule has 1 atom stereocenters. The molecule has 2 aromatic heterocycles. The van der Waals surface area contributed by atoms with Crippen LogP contribution in [0.1, 0.15) is 28.4 Å². The van der Waals surface area contributed by atoms with Crippen molar-refractivity contribution in [3.8, 4) is 5.75 Å². The molecule has 7 nitrogen and oxygen atoms in total. The van der Waals surface area contributed by atoms with Crippen molar-refractivity contribution in [2.45, 2.75) is 19.4 Å². The second-order valence-electron chi connectivity index (χ2n) is 7.10. The zero-order valence-corrected chi connectivity index (χ0v) is 17.0. The lowest BCUT2D eigenvalue weighted by molar-refractivity contribution is -0.136. The van der Waals surface area contributed by atoms with Crippen LogP contribution in [0.2, 0.25) is 0 Å². The van der Waals surface area contributed by atoms with E-state index in [1.165, 1.54) is 29.9 Å². The quantitative estimate of drug-likeness (QED) is 0.651. The van der Waals surface area contributed by atoms with Crippen LogP contribution in [0, 0.1) is 12.7 Å². The van der Waals surface area contributed by atoms with E-state index in [4.69, 9.17) is 15.2 Å². The first kappa shape index (κ1) is 20.3. The Morgan fingerprint density at radius 3 is 2.68 bits per heavy atom. The first-order valence-corrected chi connectivity index (χ1v) is 9.56. The third-order valence-electron chi connectivity index (χ3n) is 5.24. The van der Waals surface area contributed by atoms with E-state index in [0.717, 1.165) is 0 Å². The summed E-state index contributed by atoms with van der Waals surface area (Å²) < 4.78 is 26.8. The lowest BCUT2D eigenvalue weighted by Crippen LogP contribution is -2.35. The minimum atomic E-state index is -1.08. The second-order valence-corrected chi connectivity index (χ2v) is 7.10. The topological polar surface area (TPSA) is 96.4 Å². The Bertz CT molecular complexity index is 1250. The Labute approximate surface area is 177 Å². The highest BCUT2D eigenvalue weighted by Gasteiger charge is 2.39. The molecule has 4 rings (SSSR count). The summed E-state index contributed by atoms with van der Waals surface area (Å²) >= 11 is 0. The van der Waals surface area contributed by atoms with E-state index in [9.17, 15) is 14.0 Å². The van der Waals surface area contributed by atoms with E-state index in [-0.39, 0.29) is 34.9 Å². The number of rotatable bonds is 4. The Morgan fingerprint density at radius 2 is 2.00 bits per heavy atom. The van der Waals surface area contributed by atoms with Crippen LogP contribution in [0.4, 0.5) is 4.39 Å². The summed E-state index contributed by atoms with van der Waals surface area (Å²) in [6.45, 7) is 1.96. The molecule has 0 spiro atoms. The van der Waals surface area contributed by atoms with Gasteiger partial charge in [0.2, 0.25) is 5.88 Å². The number of hydrogen-bond acceptors (Lipinski definition) is 6. The number of esters is 1. The van der Waals surface area contributed by atoms with Gasteiger partial charge in [-0.15, -0.1) is 0 Å². The van der Waals surface area contributed by atoms with Gasteiger partial charge in [-0.1, -0.05) is 24.3 Å². The highest BCUT2D eigenvalue weighted by atomic mass is 19.1. The number of fused-ring (bicyclic) bond motifs is 1. The number of nitrogens with zero attached hydrogens (tertiary/aromatic N) is 2. The van der Waals surface area contributed by atoms with E-state index < -0.39 is 23.3 Å². The van der Waals surface area contributed by atoms with Gasteiger partial charge in [0.25, 0.3) is 5.56 Å². The van der Waals surface area contributed by atoms with Gasteiger partial charge in [-0.05, 0) is 25.1 Å². The number of pyridine rings is 2. The van der Waals surface area contributed by atoms with Crippen LogP contribution >= 0.6 is 0 Å². The number of halogens is 1. The van der Waals surface area contributed by atoms with Crippen molar-refractivity contribution in [3.05, 3.63) is 105 Å². The molecule has 3 heterocycles. The average Bonchev–Trinajstić information content (AvgIpc) is 2.76. The standard InChI is InChI=1S/C23H20FN3O4/c1-13-11-17-19(22(28)27(13)12-14-7-5-6-10-26-14)18(15-8-3-4-9-16(15)24)20(21(25)31-17)23(29)30-2/h3-11,18H,12,25H2,1-2H3/t18-/m1/s1. The molecule has 0 saturated carbocycles. The zero-order valence-electron chi connectivity index (χ0n) is 17.0. The fourth-order valence-corrected chi connectivity index (χ4v) is 3.77. The van der Waals surface area contributed by atoms with Crippen molar-refractivity contribution in [1.29, 1.82) is 0 Å². The molecule has 8 heteroatoms. The number of aromatic nitrogens is 2. The summed E-state index contributed by atoms with van der Waals surface area (Å²) in [6.07, 6.45) is 1.64. The lowest BCUT2D eigenvalue weighted by atomic mass is 9.83. The van der Waals surface area contributed by atoms with Crippen molar-refractivity contribution in [2.24, 2.45) is 5.73 Å². The molecule has 0 saturated heterocycles. The molecule has 0 radical (unpaired) electrons. The molecule has 158 valence electrons. The summed E-state index contributed by atoms with van der Waals surface area (Å²) in [5, 5.41) is 0. The van der Waals surface area contributed by atoms with Crippen LogP contribution in [-0.2, 0) is 16.1 Å². The molecule has 1 aliphatic heterocycles. The number of benzene rings is 1. The van der Waals surface area contributed by atoms with Crippen LogP contribution in [0.15, 0.2) is 71.0 Å². The van der Waals surface area contributed by atoms with Gasteiger partial charge in [-0.2, -0.15) is 0 Å². The number of carbonyl (C=O) groups is 1. The molecule has 31 heavy (non-hydrogen) atoms. The van der Waals surface area contributed by atoms with Crippen LogP contribution in [0.25, 0.3) is 0 Å². The molecular weight excluding hydrogens is 401 g/mol. The molecule has 0 bridgehead atoms. The van der Waals surface area contributed by atoms with Gasteiger partial charge >= 0.3 is 5.97 Å². The van der Waals surface area contributed by atoms with E-state index >= 15 is 0 Å². The van der Waals surface area contributed by atoms with Crippen LogP contribution in [0.3, 0.4) is 0 Å². The van der Waals surface area contributed by atoms with Gasteiger partial charge in [0.05, 0.1) is 30.8 Å². The van der Waals surface area contributed by atoms with Gasteiger partial charge in [0, 0.05) is 23.5 Å². The Balaban J connectivity index is 1.97. The number of nitrogens with two attached hydrogens (primary N) is 1. The van der Waals surface area contributed by atoms with E-state index in [2.05, 4.69) is 4.98 Å². The zero-order chi connectivity index (χ0) is 22.1. The maximum absolute atomic E-state index is 14.8. The molecule has 0 aliphatic carbocycles. The summed E-state index contributed by atoms with van der Waals surface area (Å²) in [4.78, 5) is 30.4. The van der Waals surface area contributed by atoms with Crippen molar-refractivity contribution < 1.29 is 18.7 Å². The van der Waals surface area contributed by atoms with Crippen LogP contribution in [-0.4, -0.2) is 22.6 Å². The van der Waals surface area contributed by atoms with Gasteiger partial charge < -0.3 is 19.8 Å². The number of methoxy groups -OCH3 is 1. The Kier molecular flexibility index (Phi) is 5.29. The minimum Gasteiger partial charge on any atom is -0.465 e. The first-order valence-electron chi connectivity index (χ1n) is 9.56. The molecule has 0 amide bonds. The summed E-state index contributed by atoms with van der Waals surface area (Å²) in [7, 11) is 1.19. The summed E-state index contributed by atoms with van der Waals surface area (Å²) in [6, 6.07) is 13.0. The maximum atomic E-state index is 14.8. The van der Waals surface area contributed by atoms with E-state index in [1.54, 1.807) is 37.4 Å². The van der Waals surface area contributed by atoms with Gasteiger partial charge in [-0.3, -0.25) is 9.78 Å². The fourth-order valence-electron chi connectivity index (χ4n) is 3.77. The number of carbonyl (C=O) groups excluding carboxylic acids is 1. The maximum Gasteiger partial charge on any atom is 0.340 e. The SMILES string of the molecule is COC(=O)C1=C(N)Oc2cc(C)n(Cc3ccccn3)c(=O)c2[C@H]1c1ccccc1F. The summed E-state index contributed by atoms with van der Waals surface area (Å²) in [5.41, 5.74) is 7.00. The lowest BCUT2D eigenvalue weighted by Gasteiger charge is -2.29. The van der Waals surface area contributed by atoms with Crippen LogP contribution in [0.5, 0.6) is 5.75 Å². The second kappa shape index (κ2) is 8.06. The third-order valence-corrected chi connectivity index (χ3v) is 5.24. The first-order chi connectivity index (χ1) is 14.9. The van der Waals surface area contributed by atoms with E-state index in [1.807, 2.05) is 6.07 Å². The molecule has 1 aliphatic rings. The average molecular weight is 421 g/mol. The molecule has 0 fully saturated rings. The molecule has 1 aromatic carbocycles. The number of ether oxygens (including phenoxy) is 2. The van der Waals surface area contributed by atoms with E-state index in [0.29, 0.717) is 11.4 Å². The minimum absolute atomic E-state index is 0.112. The van der Waals surface area contributed by atoms with Gasteiger partial charge in [0.1, 0.15) is 17.1 Å². The normalized spacial score (nSPS) is 15.3. The highest BCUT2D eigenvalue weighted by molar-refractivity contribution is 5.92. The molecule has 0 unspecified atom stereocenters. The van der Waals surface area contributed by atoms with Crippen molar-refractivity contribution in [2.75, 3.05) is 7.11 Å². The molecule has 3 aromatic rings. The monoisotopic (exact) mass is 421 g/mol. The number of aryl methyl sites for hydroxylation is 1. The highest BCUT2D eigenvalue weighted by Crippen LogP contribution is 2.42. The van der Waals surface area contributed by atoms with Gasteiger partial charge in [-0.25, -0.2) is 9.18 Å². The predicted molar refractivity (Wildman–Crippen MR) is 111 cm³/mol. The molecular formula is C23H20FN3O4. The predicted octanol–water partition coefficient (Wildman–Crippen LogP) is 2.61. The van der Waals surface area contributed by atoms with Crippen molar-refractivity contribution >= 4 is 5.97 Å². The Morgan fingerprint density at radius 1 is 1.26 bits per heavy atom. The summed E-state index contributed by atoms with van der Waals surface area (Å²) in [5.74, 6) is -2.51. The third kappa shape index (κ3) is 3.56. The Hall–Kier alpha value is -3.94. The fraction of sp³-hybridized carbons (Fsp3) is 0.174.